The first-order valence-corrected chi connectivity index (χ1v) is 8.84. The van der Waals surface area contributed by atoms with Crippen molar-refractivity contribution in [3.63, 3.8) is 0 Å². The second-order valence-electron chi connectivity index (χ2n) is 5.51. The molecule has 0 saturated heterocycles. The van der Waals surface area contributed by atoms with Gasteiger partial charge in [-0.2, -0.15) is 0 Å². The quantitative estimate of drug-likeness (QED) is 0.304. The van der Waals surface area contributed by atoms with E-state index in [4.69, 9.17) is 14.3 Å². The van der Waals surface area contributed by atoms with Crippen molar-refractivity contribution in [3.05, 3.63) is 36.4 Å². The molecule has 2 aromatic rings. The van der Waals surface area contributed by atoms with E-state index in [0.717, 1.165) is 27.1 Å². The molecule has 0 aliphatic rings. The number of fused-ring (bicyclic) bond motifs is 1. The smallest absolute Gasteiger partial charge is 0.305 e. The molecule has 6 heteroatoms. The van der Waals surface area contributed by atoms with Crippen molar-refractivity contribution in [1.82, 2.24) is 0 Å². The number of hydrogen-bond donors (Lipinski definition) is 0. The molecule has 25 heavy (non-hydrogen) atoms. The summed E-state index contributed by atoms with van der Waals surface area (Å²) < 4.78 is 10.0. The number of carbonyl (C=O) groups excluding carboxylic acids is 1. The van der Waals surface area contributed by atoms with Gasteiger partial charge in [0.1, 0.15) is 12.9 Å². The molecule has 0 amide bonds. The fraction of sp³-hybridized carbons (Fsp3) is 0.368. The molecule has 0 aliphatic heterocycles. The van der Waals surface area contributed by atoms with Crippen LogP contribution in [0.5, 0.6) is 5.75 Å². The van der Waals surface area contributed by atoms with Crippen molar-refractivity contribution in [1.29, 1.82) is 0 Å². The standard InChI is InChI=1S/C19H23NO4S/c1-13(20-24-4)18(9-10-19(21)23-3)25-17-8-6-14-11-16(22-2)7-5-15(14)12-17/h5-8,11-12,18H,9-10H2,1-4H3/b20-13-. The Labute approximate surface area is 152 Å². The first-order valence-electron chi connectivity index (χ1n) is 7.96. The molecule has 5 nitrogen and oxygen atoms in total. The summed E-state index contributed by atoms with van der Waals surface area (Å²) in [6.45, 7) is 1.91. The summed E-state index contributed by atoms with van der Waals surface area (Å²) in [7, 11) is 4.59. The molecule has 0 aliphatic carbocycles. The van der Waals surface area contributed by atoms with Crippen LogP contribution in [0.25, 0.3) is 10.8 Å². The first kappa shape index (κ1) is 19.1. The molecular formula is C19H23NO4S. The molecular weight excluding hydrogens is 338 g/mol. The topological polar surface area (TPSA) is 57.1 Å². The second kappa shape index (κ2) is 9.32. The summed E-state index contributed by atoms with van der Waals surface area (Å²) in [5.74, 6) is 0.619. The van der Waals surface area contributed by atoms with Gasteiger partial charge in [0, 0.05) is 11.3 Å². The predicted molar refractivity (Wildman–Crippen MR) is 102 cm³/mol. The maximum absolute atomic E-state index is 11.5. The van der Waals surface area contributed by atoms with Crippen molar-refractivity contribution in [3.8, 4) is 5.75 Å². The van der Waals surface area contributed by atoms with Crippen LogP contribution in [-0.2, 0) is 14.4 Å². The number of nitrogens with zero attached hydrogens (tertiary/aromatic N) is 1. The van der Waals surface area contributed by atoms with Crippen LogP contribution in [0.3, 0.4) is 0 Å². The van der Waals surface area contributed by atoms with E-state index >= 15 is 0 Å². The zero-order valence-electron chi connectivity index (χ0n) is 14.9. The fourth-order valence-electron chi connectivity index (χ4n) is 2.47. The highest BCUT2D eigenvalue weighted by Gasteiger charge is 2.17. The highest BCUT2D eigenvalue weighted by Crippen LogP contribution is 2.31. The van der Waals surface area contributed by atoms with Crippen molar-refractivity contribution in [2.45, 2.75) is 29.9 Å². The lowest BCUT2D eigenvalue weighted by Gasteiger charge is -2.16. The lowest BCUT2D eigenvalue weighted by Crippen LogP contribution is -2.16. The maximum atomic E-state index is 11.5. The molecule has 2 aromatic carbocycles. The summed E-state index contributed by atoms with van der Waals surface area (Å²) in [6, 6.07) is 12.3. The first-order chi connectivity index (χ1) is 12.1. The lowest BCUT2D eigenvalue weighted by atomic mass is 10.1. The van der Waals surface area contributed by atoms with Crippen LogP contribution in [0.15, 0.2) is 46.4 Å². The fourth-order valence-corrected chi connectivity index (χ4v) is 3.59. The number of carbonyl (C=O) groups is 1. The van der Waals surface area contributed by atoms with Gasteiger partial charge in [0.05, 0.1) is 25.2 Å². The van der Waals surface area contributed by atoms with Gasteiger partial charge in [0.15, 0.2) is 0 Å². The number of rotatable bonds is 8. The molecule has 2 rings (SSSR count). The van der Waals surface area contributed by atoms with E-state index in [1.54, 1.807) is 18.9 Å². The van der Waals surface area contributed by atoms with Crippen LogP contribution in [0.1, 0.15) is 19.8 Å². The molecule has 0 heterocycles. The Bertz CT molecular complexity index is 760. The van der Waals surface area contributed by atoms with Crippen LogP contribution in [-0.4, -0.2) is 38.3 Å². The third-order valence-electron chi connectivity index (χ3n) is 3.84. The zero-order chi connectivity index (χ0) is 18.2. The number of esters is 1. The summed E-state index contributed by atoms with van der Waals surface area (Å²) in [4.78, 5) is 17.5. The number of thioether (sulfide) groups is 1. The van der Waals surface area contributed by atoms with Crippen molar-refractivity contribution < 1.29 is 19.1 Å². The molecule has 0 aromatic heterocycles. The molecule has 0 N–H and O–H groups in total. The van der Waals surface area contributed by atoms with E-state index in [2.05, 4.69) is 23.4 Å². The Balaban J connectivity index is 2.20. The third-order valence-corrected chi connectivity index (χ3v) is 5.22. The Hall–Kier alpha value is -2.21. The summed E-state index contributed by atoms with van der Waals surface area (Å²) in [5, 5.41) is 6.33. The monoisotopic (exact) mass is 361 g/mol. The Kier molecular flexibility index (Phi) is 7.13. The van der Waals surface area contributed by atoms with Gasteiger partial charge >= 0.3 is 5.97 Å². The van der Waals surface area contributed by atoms with Crippen molar-refractivity contribution in [2.75, 3.05) is 21.3 Å². The minimum Gasteiger partial charge on any atom is -0.497 e. The maximum Gasteiger partial charge on any atom is 0.305 e. The Morgan fingerprint density at radius 2 is 1.84 bits per heavy atom. The van der Waals surface area contributed by atoms with Gasteiger partial charge in [-0.25, -0.2) is 0 Å². The van der Waals surface area contributed by atoms with Crippen LogP contribution < -0.4 is 4.74 Å². The normalized spacial score (nSPS) is 12.7. The van der Waals surface area contributed by atoms with Gasteiger partial charge in [-0.05, 0) is 48.4 Å². The van der Waals surface area contributed by atoms with E-state index < -0.39 is 0 Å². The summed E-state index contributed by atoms with van der Waals surface area (Å²) in [5.41, 5.74) is 0.839. The van der Waals surface area contributed by atoms with Crippen LogP contribution in [0.4, 0.5) is 0 Å². The number of oxime groups is 1. The van der Waals surface area contributed by atoms with Gasteiger partial charge in [-0.15, -0.1) is 11.8 Å². The largest absolute Gasteiger partial charge is 0.497 e. The highest BCUT2D eigenvalue weighted by molar-refractivity contribution is 8.00. The average Bonchev–Trinajstić information content (AvgIpc) is 2.64. The number of benzene rings is 2. The molecule has 0 fully saturated rings. The van der Waals surface area contributed by atoms with E-state index in [-0.39, 0.29) is 11.2 Å². The van der Waals surface area contributed by atoms with Crippen molar-refractivity contribution >= 4 is 34.2 Å². The minimum absolute atomic E-state index is 0.0368. The highest BCUT2D eigenvalue weighted by atomic mass is 32.2. The molecule has 1 unspecified atom stereocenters. The minimum atomic E-state index is -0.221. The third kappa shape index (κ3) is 5.39. The SMILES string of the molecule is CO/N=C(/C)C(CCC(=O)OC)Sc1ccc2cc(OC)ccc2c1. The van der Waals surface area contributed by atoms with E-state index in [1.807, 2.05) is 25.1 Å². The molecule has 0 saturated carbocycles. The van der Waals surface area contributed by atoms with Gasteiger partial charge in [-0.3, -0.25) is 4.79 Å². The van der Waals surface area contributed by atoms with E-state index in [1.165, 1.54) is 14.2 Å². The van der Waals surface area contributed by atoms with Crippen LogP contribution in [0.2, 0.25) is 0 Å². The van der Waals surface area contributed by atoms with Crippen LogP contribution >= 0.6 is 11.8 Å². The van der Waals surface area contributed by atoms with Gasteiger partial charge in [-0.1, -0.05) is 17.3 Å². The average molecular weight is 361 g/mol. The van der Waals surface area contributed by atoms with Gasteiger partial charge in [0.2, 0.25) is 0 Å². The second-order valence-corrected chi connectivity index (χ2v) is 6.79. The molecule has 0 radical (unpaired) electrons. The predicted octanol–water partition coefficient (Wildman–Crippen LogP) is 4.28. The summed E-state index contributed by atoms with van der Waals surface area (Å²) >= 11 is 1.66. The van der Waals surface area contributed by atoms with Gasteiger partial charge < -0.3 is 14.3 Å². The zero-order valence-corrected chi connectivity index (χ0v) is 15.8. The molecule has 134 valence electrons. The van der Waals surface area contributed by atoms with E-state index in [0.29, 0.717) is 12.8 Å². The van der Waals surface area contributed by atoms with Crippen molar-refractivity contribution in [2.24, 2.45) is 5.16 Å². The molecule has 0 bridgehead atoms. The lowest BCUT2D eigenvalue weighted by molar-refractivity contribution is -0.140. The van der Waals surface area contributed by atoms with E-state index in [9.17, 15) is 4.79 Å². The number of methoxy groups -OCH3 is 2. The Morgan fingerprint density at radius 1 is 1.12 bits per heavy atom. The van der Waals surface area contributed by atoms with Crippen LogP contribution in [0, 0.1) is 0 Å². The Morgan fingerprint density at radius 3 is 2.52 bits per heavy atom. The molecule has 0 spiro atoms. The summed E-state index contributed by atoms with van der Waals surface area (Å²) in [6.07, 6.45) is 0.978. The molecule has 1 atom stereocenters. The number of ether oxygens (including phenoxy) is 2. The number of hydrogen-bond acceptors (Lipinski definition) is 6. The van der Waals surface area contributed by atoms with Gasteiger partial charge in [0.25, 0.3) is 0 Å².